The first-order valence-corrected chi connectivity index (χ1v) is 10.2. The molecule has 0 aromatic heterocycles. The molecule has 0 radical (unpaired) electrons. The molecule has 1 aliphatic rings. The van der Waals surface area contributed by atoms with Crippen LogP contribution in [-0.4, -0.2) is 46.2 Å². The Kier molecular flexibility index (Phi) is 7.55. The van der Waals surface area contributed by atoms with Crippen molar-refractivity contribution in [2.24, 2.45) is 0 Å². The lowest BCUT2D eigenvalue weighted by molar-refractivity contribution is -0.201. The maximum Gasteiger partial charge on any atom is 0.491 e. The first-order chi connectivity index (χ1) is 13.1. The maximum absolute atomic E-state index is 12.6. The van der Waals surface area contributed by atoms with Gasteiger partial charge in [0.15, 0.2) is 0 Å². The maximum atomic E-state index is 12.6. The van der Waals surface area contributed by atoms with Crippen molar-refractivity contribution in [3.8, 4) is 0 Å². The summed E-state index contributed by atoms with van der Waals surface area (Å²) < 4.78 is 67.2. The molecule has 0 atom stereocenters. The van der Waals surface area contributed by atoms with Gasteiger partial charge >= 0.3 is 18.1 Å². The van der Waals surface area contributed by atoms with Crippen LogP contribution in [-0.2, 0) is 24.3 Å². The number of carbonyl (C=O) groups is 2. The van der Waals surface area contributed by atoms with Crippen molar-refractivity contribution in [3.05, 3.63) is 29.8 Å². The molecule has 0 amide bonds. The van der Waals surface area contributed by atoms with Crippen LogP contribution in [0, 0.1) is 0 Å². The summed E-state index contributed by atoms with van der Waals surface area (Å²) in [5.41, 5.74) is 0.715. The van der Waals surface area contributed by atoms with E-state index in [1.54, 1.807) is 18.2 Å². The van der Waals surface area contributed by atoms with Gasteiger partial charge in [0, 0.05) is 13.0 Å². The molecule has 28 heavy (non-hydrogen) atoms. The molecule has 156 valence electrons. The minimum Gasteiger partial charge on any atom is -0.386 e. The molecule has 1 aromatic carbocycles. The number of piperidine rings is 1. The van der Waals surface area contributed by atoms with Gasteiger partial charge in [-0.15, -0.1) is 0 Å². The van der Waals surface area contributed by atoms with Gasteiger partial charge in [-0.25, -0.2) is 17.9 Å². The molecule has 0 unspecified atom stereocenters. The zero-order valence-corrected chi connectivity index (χ0v) is 15.7. The molecule has 11 heteroatoms. The van der Waals surface area contributed by atoms with Gasteiger partial charge in [-0.1, -0.05) is 18.2 Å². The van der Waals surface area contributed by atoms with Crippen molar-refractivity contribution in [1.29, 1.82) is 0 Å². The highest BCUT2D eigenvalue weighted by Gasteiger charge is 2.42. The largest absolute Gasteiger partial charge is 0.491 e. The van der Waals surface area contributed by atoms with Gasteiger partial charge in [0.25, 0.3) is 0 Å². The van der Waals surface area contributed by atoms with E-state index in [1.165, 1.54) is 6.07 Å². The molecule has 1 aromatic rings. The SMILES string of the molecule is O=C(CCCNS(=O)(=O)c1ccccc1C1CCNCC1)OC(=O)C(F)(F)F. The van der Waals surface area contributed by atoms with Crippen molar-refractivity contribution < 1.29 is 35.9 Å². The van der Waals surface area contributed by atoms with Crippen LogP contribution in [0.15, 0.2) is 29.2 Å². The number of benzene rings is 1. The lowest BCUT2D eigenvalue weighted by Gasteiger charge is -2.25. The third kappa shape index (κ3) is 6.28. The van der Waals surface area contributed by atoms with E-state index in [4.69, 9.17) is 0 Å². The highest BCUT2D eigenvalue weighted by molar-refractivity contribution is 7.89. The smallest absolute Gasteiger partial charge is 0.386 e. The summed E-state index contributed by atoms with van der Waals surface area (Å²) in [7, 11) is -3.85. The van der Waals surface area contributed by atoms with Gasteiger partial charge in [-0.2, -0.15) is 13.2 Å². The topological polar surface area (TPSA) is 102 Å². The summed E-state index contributed by atoms with van der Waals surface area (Å²) in [5, 5.41) is 3.21. The Morgan fingerprint density at radius 1 is 1.18 bits per heavy atom. The number of esters is 2. The van der Waals surface area contributed by atoms with E-state index in [1.807, 2.05) is 0 Å². The van der Waals surface area contributed by atoms with Crippen LogP contribution in [0.1, 0.15) is 37.2 Å². The lowest BCUT2D eigenvalue weighted by atomic mass is 9.90. The number of rotatable bonds is 7. The first-order valence-electron chi connectivity index (χ1n) is 8.72. The average Bonchev–Trinajstić information content (AvgIpc) is 2.65. The second-order valence-corrected chi connectivity index (χ2v) is 8.06. The molecule has 7 nitrogen and oxygen atoms in total. The highest BCUT2D eigenvalue weighted by atomic mass is 32.2. The predicted molar refractivity (Wildman–Crippen MR) is 92.9 cm³/mol. The monoisotopic (exact) mass is 422 g/mol. The van der Waals surface area contributed by atoms with E-state index in [0.717, 1.165) is 25.9 Å². The average molecular weight is 422 g/mol. The fraction of sp³-hybridized carbons (Fsp3) is 0.529. The van der Waals surface area contributed by atoms with E-state index in [2.05, 4.69) is 14.8 Å². The van der Waals surface area contributed by atoms with Crippen LogP contribution in [0.2, 0.25) is 0 Å². The standard InChI is InChI=1S/C17H21F3N2O5S/c18-17(19,20)16(24)27-15(23)6-3-9-22-28(25,26)14-5-2-1-4-13(14)12-7-10-21-11-8-12/h1-2,4-5,12,21-22H,3,6-11H2. The molecule has 1 aliphatic heterocycles. The molecule has 0 aliphatic carbocycles. The third-order valence-electron chi connectivity index (χ3n) is 4.28. The Labute approximate surface area is 160 Å². The Balaban J connectivity index is 1.91. The first kappa shape index (κ1) is 22.3. The summed E-state index contributed by atoms with van der Waals surface area (Å²) in [6, 6.07) is 6.64. The third-order valence-corrected chi connectivity index (χ3v) is 5.81. The summed E-state index contributed by atoms with van der Waals surface area (Å²) in [4.78, 5) is 21.9. The summed E-state index contributed by atoms with van der Waals surface area (Å²) in [5.74, 6) is -3.84. The van der Waals surface area contributed by atoms with Gasteiger partial charge in [-0.05, 0) is 49.9 Å². The molecule has 0 bridgehead atoms. The summed E-state index contributed by atoms with van der Waals surface area (Å²) in [6.45, 7) is 1.41. The van der Waals surface area contributed by atoms with Gasteiger partial charge in [0.05, 0.1) is 4.90 Å². The fourth-order valence-electron chi connectivity index (χ4n) is 2.92. The molecular formula is C17H21F3N2O5S. The molecule has 1 saturated heterocycles. The summed E-state index contributed by atoms with van der Waals surface area (Å²) in [6.07, 6.45) is -4.27. The molecule has 2 N–H and O–H groups in total. The number of hydrogen-bond acceptors (Lipinski definition) is 6. The van der Waals surface area contributed by atoms with E-state index < -0.39 is 34.6 Å². The minimum absolute atomic E-state index is 0.109. The van der Waals surface area contributed by atoms with Crippen molar-refractivity contribution in [2.45, 2.75) is 42.7 Å². The lowest BCUT2D eigenvalue weighted by Crippen LogP contribution is -2.30. The molecule has 2 rings (SSSR count). The second kappa shape index (κ2) is 9.48. The van der Waals surface area contributed by atoms with Gasteiger partial charge in [0.2, 0.25) is 10.0 Å². The highest BCUT2D eigenvalue weighted by Crippen LogP contribution is 2.30. The predicted octanol–water partition coefficient (Wildman–Crippen LogP) is 1.84. The van der Waals surface area contributed by atoms with Crippen molar-refractivity contribution >= 4 is 22.0 Å². The van der Waals surface area contributed by atoms with Gasteiger partial charge in [0.1, 0.15) is 0 Å². The Bertz CT molecular complexity index is 805. The molecule has 1 fully saturated rings. The van der Waals surface area contributed by atoms with Gasteiger partial charge in [-0.3, -0.25) is 4.79 Å². The van der Waals surface area contributed by atoms with Crippen LogP contribution in [0.25, 0.3) is 0 Å². The van der Waals surface area contributed by atoms with Crippen molar-refractivity contribution in [1.82, 2.24) is 10.0 Å². The van der Waals surface area contributed by atoms with E-state index in [9.17, 15) is 31.2 Å². The Hall–Kier alpha value is -1.98. The van der Waals surface area contributed by atoms with Crippen LogP contribution in [0.3, 0.4) is 0 Å². The molecule has 1 heterocycles. The number of carbonyl (C=O) groups excluding carboxylic acids is 2. The molecule has 0 spiro atoms. The fourth-order valence-corrected chi connectivity index (χ4v) is 4.30. The Morgan fingerprint density at radius 3 is 2.46 bits per heavy atom. The quantitative estimate of drug-likeness (QED) is 0.395. The summed E-state index contributed by atoms with van der Waals surface area (Å²) >= 11 is 0. The van der Waals surface area contributed by atoms with E-state index in [0.29, 0.717) is 5.56 Å². The van der Waals surface area contributed by atoms with E-state index >= 15 is 0 Å². The van der Waals surface area contributed by atoms with Gasteiger partial charge < -0.3 is 10.1 Å². The normalized spacial score (nSPS) is 16.0. The number of nitrogens with one attached hydrogen (secondary N) is 2. The number of sulfonamides is 1. The van der Waals surface area contributed by atoms with Crippen molar-refractivity contribution in [2.75, 3.05) is 19.6 Å². The Morgan fingerprint density at radius 2 is 1.82 bits per heavy atom. The number of hydrogen-bond donors (Lipinski definition) is 2. The molecule has 0 saturated carbocycles. The van der Waals surface area contributed by atoms with Crippen LogP contribution in [0.4, 0.5) is 13.2 Å². The minimum atomic E-state index is -5.25. The van der Waals surface area contributed by atoms with Crippen LogP contribution >= 0.6 is 0 Å². The zero-order chi connectivity index (χ0) is 20.8. The molecular weight excluding hydrogens is 401 g/mol. The van der Waals surface area contributed by atoms with E-state index in [-0.39, 0.29) is 23.8 Å². The number of ether oxygens (including phenoxy) is 1. The second-order valence-electron chi connectivity index (χ2n) is 6.32. The van der Waals surface area contributed by atoms with Crippen molar-refractivity contribution in [3.63, 3.8) is 0 Å². The number of halogens is 3. The zero-order valence-electron chi connectivity index (χ0n) is 14.9. The number of alkyl halides is 3. The van der Waals surface area contributed by atoms with Crippen LogP contribution < -0.4 is 10.0 Å². The van der Waals surface area contributed by atoms with Crippen LogP contribution in [0.5, 0.6) is 0 Å².